The van der Waals surface area contributed by atoms with E-state index in [4.69, 9.17) is 16.3 Å². The molecule has 9 heteroatoms. The highest BCUT2D eigenvalue weighted by molar-refractivity contribution is 8.02. The van der Waals surface area contributed by atoms with Gasteiger partial charge in [0.25, 0.3) is 5.91 Å². The molecule has 2 amide bonds. The van der Waals surface area contributed by atoms with E-state index in [2.05, 4.69) is 13.2 Å². The lowest BCUT2D eigenvalue weighted by Gasteiger charge is -2.37. The number of ether oxygens (including phenoxy) is 1. The number of anilines is 1. The number of hydrogen-bond acceptors (Lipinski definition) is 6. The summed E-state index contributed by atoms with van der Waals surface area (Å²) in [6.07, 6.45) is 7.43. The first kappa shape index (κ1) is 27.7. The molecule has 2 bridgehead atoms. The third-order valence-corrected chi connectivity index (χ3v) is 9.85. The Morgan fingerprint density at radius 1 is 1.22 bits per heavy atom. The molecular formula is C28H35ClN2O5S. The quantitative estimate of drug-likeness (QED) is 0.226. The van der Waals surface area contributed by atoms with Crippen molar-refractivity contribution in [3.63, 3.8) is 0 Å². The molecular weight excluding hydrogens is 512 g/mol. The zero-order chi connectivity index (χ0) is 26.6. The van der Waals surface area contributed by atoms with E-state index < -0.39 is 22.6 Å². The molecule has 1 aromatic carbocycles. The number of aliphatic hydroxyl groups is 1. The van der Waals surface area contributed by atoms with Crippen molar-refractivity contribution < 1.29 is 24.2 Å². The summed E-state index contributed by atoms with van der Waals surface area (Å²) >= 11 is 7.72. The van der Waals surface area contributed by atoms with Crippen molar-refractivity contribution in [1.82, 2.24) is 4.90 Å². The fourth-order valence-corrected chi connectivity index (χ4v) is 8.40. The molecule has 2 unspecified atom stereocenters. The van der Waals surface area contributed by atoms with Gasteiger partial charge in [-0.1, -0.05) is 23.8 Å². The van der Waals surface area contributed by atoms with Crippen LogP contribution in [-0.4, -0.2) is 70.1 Å². The standard InChI is InChI=1S/C28H35ClN2O5S/c1-3-5-18-36-27(35)22-21-13-14-28(37-21)23(22)25(33)31(16-7-6-8-17-32)24(28)26(34)30(15-4-2)20-11-9-19(29)10-12-20/h3-4,9-12,21-24,32H,1-2,5-8,13-18H2/t21-,22+,23+,24?,28?/m1/s1. The van der Waals surface area contributed by atoms with Gasteiger partial charge in [-0.25, -0.2) is 0 Å². The van der Waals surface area contributed by atoms with Crippen molar-refractivity contribution in [1.29, 1.82) is 0 Å². The highest BCUT2D eigenvalue weighted by atomic mass is 35.5. The number of unbranched alkanes of at least 4 members (excludes halogenated alkanes) is 2. The van der Waals surface area contributed by atoms with Crippen molar-refractivity contribution >= 4 is 46.8 Å². The average molecular weight is 547 g/mol. The summed E-state index contributed by atoms with van der Waals surface area (Å²) in [5.74, 6) is -1.81. The molecule has 5 atom stereocenters. The largest absolute Gasteiger partial charge is 0.465 e. The van der Waals surface area contributed by atoms with Gasteiger partial charge in [-0.05, 0) is 62.8 Å². The minimum atomic E-state index is -0.698. The predicted molar refractivity (Wildman–Crippen MR) is 147 cm³/mol. The van der Waals surface area contributed by atoms with E-state index in [1.54, 1.807) is 58.0 Å². The summed E-state index contributed by atoms with van der Waals surface area (Å²) in [5.41, 5.74) is 0.680. The maximum Gasteiger partial charge on any atom is 0.310 e. The van der Waals surface area contributed by atoms with Crippen LogP contribution in [0.5, 0.6) is 0 Å². The molecule has 3 saturated heterocycles. The van der Waals surface area contributed by atoms with Gasteiger partial charge < -0.3 is 19.6 Å². The Kier molecular flexibility index (Phi) is 9.03. The number of carbonyl (C=O) groups is 3. The Morgan fingerprint density at radius 3 is 2.65 bits per heavy atom. The number of halogens is 1. The van der Waals surface area contributed by atoms with Crippen LogP contribution in [-0.2, 0) is 19.1 Å². The summed E-state index contributed by atoms with van der Waals surface area (Å²) in [4.78, 5) is 44.9. The van der Waals surface area contributed by atoms with Gasteiger partial charge in [0.2, 0.25) is 5.91 Å². The van der Waals surface area contributed by atoms with Crippen LogP contribution in [0.15, 0.2) is 49.6 Å². The van der Waals surface area contributed by atoms with Crippen LogP contribution < -0.4 is 4.90 Å². The Morgan fingerprint density at radius 2 is 1.97 bits per heavy atom. The molecule has 37 heavy (non-hydrogen) atoms. The average Bonchev–Trinajstić information content (AvgIpc) is 3.53. The monoisotopic (exact) mass is 546 g/mol. The number of likely N-dealkylation sites (tertiary alicyclic amines) is 1. The highest BCUT2D eigenvalue weighted by Gasteiger charge is 2.74. The van der Waals surface area contributed by atoms with E-state index in [1.807, 2.05) is 0 Å². The molecule has 3 aliphatic heterocycles. The fourth-order valence-electron chi connectivity index (χ4n) is 6.07. The van der Waals surface area contributed by atoms with E-state index in [0.29, 0.717) is 42.9 Å². The number of nitrogens with zero attached hydrogens (tertiary/aromatic N) is 2. The van der Waals surface area contributed by atoms with Crippen molar-refractivity contribution in [2.75, 3.05) is 31.2 Å². The minimum absolute atomic E-state index is 0.0413. The van der Waals surface area contributed by atoms with Crippen molar-refractivity contribution in [3.8, 4) is 0 Å². The highest BCUT2D eigenvalue weighted by Crippen LogP contribution is 2.66. The number of thioether (sulfide) groups is 1. The van der Waals surface area contributed by atoms with Crippen LogP contribution >= 0.6 is 23.4 Å². The van der Waals surface area contributed by atoms with Gasteiger partial charge in [-0.15, -0.1) is 24.9 Å². The van der Waals surface area contributed by atoms with Gasteiger partial charge in [0.05, 0.1) is 23.2 Å². The Bertz CT molecular complexity index is 1030. The van der Waals surface area contributed by atoms with E-state index in [0.717, 1.165) is 12.8 Å². The number of fused-ring (bicyclic) bond motifs is 1. The molecule has 0 aliphatic carbocycles. The van der Waals surface area contributed by atoms with Gasteiger partial charge in [-0.2, -0.15) is 0 Å². The fraction of sp³-hybridized carbons (Fsp3) is 0.536. The minimum Gasteiger partial charge on any atom is -0.465 e. The molecule has 3 aliphatic rings. The first-order valence-corrected chi connectivity index (χ1v) is 14.2. The molecule has 3 heterocycles. The first-order valence-electron chi connectivity index (χ1n) is 12.9. The lowest BCUT2D eigenvalue weighted by molar-refractivity contribution is -0.154. The molecule has 0 aromatic heterocycles. The lowest BCUT2D eigenvalue weighted by atomic mass is 9.71. The summed E-state index contributed by atoms with van der Waals surface area (Å²) in [6, 6.07) is 6.36. The number of benzene rings is 1. The summed E-state index contributed by atoms with van der Waals surface area (Å²) in [5, 5.41) is 9.73. The normalized spacial score (nSPS) is 27.7. The van der Waals surface area contributed by atoms with Crippen molar-refractivity contribution in [3.05, 3.63) is 54.6 Å². The second kappa shape index (κ2) is 12.0. The van der Waals surface area contributed by atoms with E-state index in [9.17, 15) is 19.5 Å². The number of esters is 1. The summed E-state index contributed by atoms with van der Waals surface area (Å²) in [7, 11) is 0. The molecule has 0 radical (unpaired) electrons. The summed E-state index contributed by atoms with van der Waals surface area (Å²) < 4.78 is 4.86. The van der Waals surface area contributed by atoms with Gasteiger partial charge in [-0.3, -0.25) is 14.4 Å². The maximum atomic E-state index is 14.3. The number of hydrogen-bond donors (Lipinski definition) is 1. The lowest BCUT2D eigenvalue weighted by Crippen LogP contribution is -2.55. The van der Waals surface area contributed by atoms with Crippen LogP contribution in [0, 0.1) is 11.8 Å². The Balaban J connectivity index is 1.69. The van der Waals surface area contributed by atoms with Crippen molar-refractivity contribution in [2.24, 2.45) is 11.8 Å². The molecule has 3 fully saturated rings. The molecule has 0 saturated carbocycles. The molecule has 1 aromatic rings. The van der Waals surface area contributed by atoms with Crippen LogP contribution in [0.25, 0.3) is 0 Å². The second-order valence-corrected chi connectivity index (χ2v) is 11.9. The third-order valence-electron chi connectivity index (χ3n) is 7.65. The van der Waals surface area contributed by atoms with Crippen LogP contribution in [0.3, 0.4) is 0 Å². The first-order chi connectivity index (χ1) is 17.9. The van der Waals surface area contributed by atoms with E-state index in [1.165, 1.54) is 0 Å². The molecule has 1 spiro atoms. The van der Waals surface area contributed by atoms with Crippen LogP contribution in [0.4, 0.5) is 5.69 Å². The van der Waals surface area contributed by atoms with Crippen molar-refractivity contribution in [2.45, 2.75) is 54.6 Å². The summed E-state index contributed by atoms with van der Waals surface area (Å²) in [6.45, 7) is 8.52. The number of rotatable bonds is 13. The van der Waals surface area contributed by atoms with Crippen LogP contribution in [0.2, 0.25) is 5.02 Å². The maximum absolute atomic E-state index is 14.3. The number of carbonyl (C=O) groups excluding carboxylic acids is 3. The molecule has 4 rings (SSSR count). The van der Waals surface area contributed by atoms with Gasteiger partial charge in [0.15, 0.2) is 0 Å². The molecule has 200 valence electrons. The number of amides is 2. The molecule has 7 nitrogen and oxygen atoms in total. The second-order valence-electron chi connectivity index (χ2n) is 9.83. The van der Waals surface area contributed by atoms with Gasteiger partial charge >= 0.3 is 5.97 Å². The topological polar surface area (TPSA) is 87.1 Å². The predicted octanol–water partition coefficient (Wildman–Crippen LogP) is 4.23. The zero-order valence-electron chi connectivity index (χ0n) is 21.0. The Labute approximate surface area is 227 Å². The van der Waals surface area contributed by atoms with Crippen LogP contribution in [0.1, 0.15) is 38.5 Å². The van der Waals surface area contributed by atoms with Gasteiger partial charge in [0.1, 0.15) is 6.04 Å². The van der Waals surface area contributed by atoms with E-state index in [-0.39, 0.29) is 42.8 Å². The van der Waals surface area contributed by atoms with Gasteiger partial charge in [0, 0.05) is 35.7 Å². The number of aliphatic hydroxyl groups excluding tert-OH is 1. The SMILES string of the molecule is C=CCCOC(=O)[C@@H]1[C@H]2C(=O)N(CCCCCO)C(C(=O)N(CC=C)c3ccc(Cl)cc3)C23CC[C@H]1S3. The zero-order valence-corrected chi connectivity index (χ0v) is 22.6. The smallest absolute Gasteiger partial charge is 0.310 e. The Hall–Kier alpha value is -2.29. The van der Waals surface area contributed by atoms with E-state index >= 15 is 0 Å². The molecule has 1 N–H and O–H groups in total. The third kappa shape index (κ3) is 5.20.